The zero-order valence-electron chi connectivity index (χ0n) is 9.21. The molecule has 2 atom stereocenters. The van der Waals surface area contributed by atoms with Gasteiger partial charge in [-0.15, -0.1) is 5.10 Å². The molecule has 8 heteroatoms. The van der Waals surface area contributed by atoms with Crippen molar-refractivity contribution in [3.63, 3.8) is 0 Å². The maximum atomic E-state index is 11.1. The van der Waals surface area contributed by atoms with E-state index in [1.54, 1.807) is 14.2 Å². The average Bonchev–Trinajstić information content (AvgIpc) is 2.57. The first-order chi connectivity index (χ1) is 7.60. The zero-order chi connectivity index (χ0) is 12.1. The SMILES string of the molecule is COCC(N)C(CO)Sc1n[nH]c(=O)n1C. The van der Waals surface area contributed by atoms with Crippen molar-refractivity contribution in [2.75, 3.05) is 20.3 Å². The first kappa shape index (κ1) is 13.2. The summed E-state index contributed by atoms with van der Waals surface area (Å²) in [5.41, 5.74) is 5.52. The summed E-state index contributed by atoms with van der Waals surface area (Å²) in [6.07, 6.45) is 0. The lowest BCUT2D eigenvalue weighted by Crippen LogP contribution is -2.39. The van der Waals surface area contributed by atoms with E-state index in [1.165, 1.54) is 16.3 Å². The quantitative estimate of drug-likeness (QED) is 0.531. The lowest BCUT2D eigenvalue weighted by atomic mass is 10.2. The van der Waals surface area contributed by atoms with Crippen molar-refractivity contribution in [2.45, 2.75) is 16.4 Å². The van der Waals surface area contributed by atoms with Gasteiger partial charge in [-0.1, -0.05) is 11.8 Å². The van der Waals surface area contributed by atoms with Crippen LogP contribution in [0.25, 0.3) is 0 Å². The van der Waals surface area contributed by atoms with Crippen LogP contribution in [0.2, 0.25) is 0 Å². The molecule has 0 spiro atoms. The van der Waals surface area contributed by atoms with Gasteiger partial charge in [0.25, 0.3) is 0 Å². The van der Waals surface area contributed by atoms with E-state index in [4.69, 9.17) is 10.5 Å². The summed E-state index contributed by atoms with van der Waals surface area (Å²) in [6.45, 7) is 0.243. The fourth-order valence-corrected chi connectivity index (χ4v) is 2.07. The maximum absolute atomic E-state index is 11.1. The van der Waals surface area contributed by atoms with Gasteiger partial charge in [0.15, 0.2) is 5.16 Å². The Hall–Kier alpha value is -0.830. The third-order valence-electron chi connectivity index (χ3n) is 2.11. The minimum Gasteiger partial charge on any atom is -0.395 e. The van der Waals surface area contributed by atoms with E-state index in [1.807, 2.05) is 0 Å². The number of ether oxygens (including phenoxy) is 1. The Morgan fingerprint density at radius 3 is 2.88 bits per heavy atom. The number of H-pyrrole nitrogens is 1. The zero-order valence-corrected chi connectivity index (χ0v) is 10.0. The van der Waals surface area contributed by atoms with Gasteiger partial charge in [-0.3, -0.25) is 4.57 Å². The fraction of sp³-hybridized carbons (Fsp3) is 0.750. The Kier molecular flexibility index (Phi) is 5.00. The fourth-order valence-electron chi connectivity index (χ4n) is 1.13. The summed E-state index contributed by atoms with van der Waals surface area (Å²) < 4.78 is 6.28. The highest BCUT2D eigenvalue weighted by Gasteiger charge is 2.20. The van der Waals surface area contributed by atoms with E-state index in [2.05, 4.69) is 10.2 Å². The number of thioether (sulfide) groups is 1. The standard InChI is InChI=1S/C8H16N4O3S/c1-12-7(14)10-11-8(12)16-6(3-13)5(9)4-15-2/h5-6,13H,3-4,9H2,1-2H3,(H,10,14). The Morgan fingerprint density at radius 2 is 2.44 bits per heavy atom. The van der Waals surface area contributed by atoms with E-state index in [-0.39, 0.29) is 23.6 Å². The highest BCUT2D eigenvalue weighted by atomic mass is 32.2. The minimum atomic E-state index is -0.313. The lowest BCUT2D eigenvalue weighted by Gasteiger charge is -2.19. The van der Waals surface area contributed by atoms with Gasteiger partial charge in [0, 0.05) is 20.2 Å². The second kappa shape index (κ2) is 6.04. The summed E-state index contributed by atoms with van der Waals surface area (Å²) >= 11 is 1.25. The van der Waals surface area contributed by atoms with Crippen molar-refractivity contribution in [2.24, 2.45) is 12.8 Å². The van der Waals surface area contributed by atoms with Crippen LogP contribution in [-0.2, 0) is 11.8 Å². The average molecular weight is 248 g/mol. The van der Waals surface area contributed by atoms with Gasteiger partial charge in [-0.2, -0.15) is 0 Å². The number of aromatic nitrogens is 3. The summed E-state index contributed by atoms with van der Waals surface area (Å²) in [4.78, 5) is 11.1. The van der Waals surface area contributed by atoms with E-state index in [0.29, 0.717) is 11.8 Å². The number of hydrogen-bond acceptors (Lipinski definition) is 6. The summed E-state index contributed by atoms with van der Waals surface area (Å²) in [5.74, 6) is 0. The van der Waals surface area contributed by atoms with Crippen molar-refractivity contribution in [1.82, 2.24) is 14.8 Å². The van der Waals surface area contributed by atoms with Gasteiger partial charge in [-0.25, -0.2) is 9.89 Å². The van der Waals surface area contributed by atoms with Crippen LogP contribution in [-0.4, -0.2) is 51.5 Å². The monoisotopic (exact) mass is 248 g/mol. The molecule has 1 rings (SSSR count). The second-order valence-corrected chi connectivity index (χ2v) is 4.53. The number of nitrogens with one attached hydrogen (secondary N) is 1. The van der Waals surface area contributed by atoms with Gasteiger partial charge in [0.1, 0.15) is 0 Å². The second-order valence-electron chi connectivity index (χ2n) is 3.33. The van der Waals surface area contributed by atoms with E-state index < -0.39 is 0 Å². The van der Waals surface area contributed by atoms with Crippen molar-refractivity contribution in [3.05, 3.63) is 10.5 Å². The third-order valence-corrected chi connectivity index (χ3v) is 3.49. The molecule has 0 saturated heterocycles. The first-order valence-corrected chi connectivity index (χ1v) is 5.61. The Balaban J connectivity index is 2.70. The molecule has 0 aliphatic rings. The molecule has 1 aromatic rings. The Labute approximate surface area is 97.0 Å². The highest BCUT2D eigenvalue weighted by molar-refractivity contribution is 7.99. The van der Waals surface area contributed by atoms with E-state index in [9.17, 15) is 9.90 Å². The summed E-state index contributed by atoms with van der Waals surface area (Å²) in [7, 11) is 3.15. The number of hydrogen-bond donors (Lipinski definition) is 3. The molecule has 1 aromatic heterocycles. The molecular formula is C8H16N4O3S. The van der Waals surface area contributed by atoms with Gasteiger partial charge >= 0.3 is 5.69 Å². The lowest BCUT2D eigenvalue weighted by molar-refractivity contribution is 0.167. The minimum absolute atomic E-state index is 0.101. The number of methoxy groups -OCH3 is 1. The molecule has 0 radical (unpaired) electrons. The molecule has 0 saturated carbocycles. The van der Waals surface area contributed by atoms with Crippen LogP contribution in [0.3, 0.4) is 0 Å². The molecule has 1 heterocycles. The van der Waals surface area contributed by atoms with Crippen LogP contribution in [0.1, 0.15) is 0 Å². The largest absolute Gasteiger partial charge is 0.395 e. The van der Waals surface area contributed by atoms with Gasteiger partial charge < -0.3 is 15.6 Å². The molecule has 92 valence electrons. The van der Waals surface area contributed by atoms with Crippen LogP contribution in [0, 0.1) is 0 Å². The molecule has 0 amide bonds. The maximum Gasteiger partial charge on any atom is 0.343 e. The van der Waals surface area contributed by atoms with Crippen molar-refractivity contribution >= 4 is 11.8 Å². The summed E-state index contributed by atoms with van der Waals surface area (Å²) in [5, 5.41) is 15.6. The normalized spacial score (nSPS) is 15.0. The molecular weight excluding hydrogens is 232 g/mol. The molecule has 0 aromatic carbocycles. The molecule has 4 N–H and O–H groups in total. The van der Waals surface area contributed by atoms with Crippen LogP contribution < -0.4 is 11.4 Å². The van der Waals surface area contributed by atoms with Crippen molar-refractivity contribution in [1.29, 1.82) is 0 Å². The van der Waals surface area contributed by atoms with Crippen molar-refractivity contribution in [3.8, 4) is 0 Å². The highest BCUT2D eigenvalue weighted by Crippen LogP contribution is 2.21. The molecule has 0 aliphatic carbocycles. The van der Waals surface area contributed by atoms with E-state index in [0.717, 1.165) is 0 Å². The molecule has 2 unspecified atom stereocenters. The third kappa shape index (κ3) is 3.08. The van der Waals surface area contributed by atoms with Crippen molar-refractivity contribution < 1.29 is 9.84 Å². The predicted octanol–water partition coefficient (Wildman–Crippen LogP) is -1.46. The number of aliphatic hydroxyl groups excluding tert-OH is 1. The van der Waals surface area contributed by atoms with Crippen LogP contribution in [0.15, 0.2) is 9.95 Å². The van der Waals surface area contributed by atoms with Gasteiger partial charge in [0.2, 0.25) is 0 Å². The number of rotatable bonds is 6. The molecule has 16 heavy (non-hydrogen) atoms. The van der Waals surface area contributed by atoms with Crippen LogP contribution in [0.4, 0.5) is 0 Å². The number of aliphatic hydroxyl groups is 1. The number of nitrogens with two attached hydrogens (primary N) is 1. The Morgan fingerprint density at radius 1 is 1.75 bits per heavy atom. The van der Waals surface area contributed by atoms with E-state index >= 15 is 0 Å². The smallest absolute Gasteiger partial charge is 0.343 e. The first-order valence-electron chi connectivity index (χ1n) is 4.73. The molecule has 0 bridgehead atoms. The van der Waals surface area contributed by atoms with Crippen LogP contribution >= 0.6 is 11.8 Å². The Bertz CT molecular complexity index is 378. The van der Waals surface area contributed by atoms with Crippen LogP contribution in [0.5, 0.6) is 0 Å². The number of nitrogens with zero attached hydrogens (tertiary/aromatic N) is 2. The molecule has 7 nitrogen and oxygen atoms in total. The van der Waals surface area contributed by atoms with Gasteiger partial charge in [0.05, 0.1) is 18.5 Å². The molecule has 0 fully saturated rings. The van der Waals surface area contributed by atoms with Gasteiger partial charge in [-0.05, 0) is 0 Å². The predicted molar refractivity (Wildman–Crippen MR) is 60.4 cm³/mol. The summed E-state index contributed by atoms with van der Waals surface area (Å²) in [6, 6.07) is -0.313. The topological polar surface area (TPSA) is 106 Å². The molecule has 0 aliphatic heterocycles. The number of aromatic amines is 1.